The van der Waals surface area contributed by atoms with E-state index in [4.69, 9.17) is 0 Å². The SMILES string of the molecule is CCc1ccc(/C(C)=N\Nc2nc(-c3ccccc3)cc(=O)[nH]2)cc1. The van der Waals surface area contributed by atoms with Crippen molar-refractivity contribution >= 4 is 11.7 Å². The summed E-state index contributed by atoms with van der Waals surface area (Å²) in [6, 6.07) is 19.3. The van der Waals surface area contributed by atoms with Gasteiger partial charge in [0.2, 0.25) is 5.95 Å². The van der Waals surface area contributed by atoms with Crippen molar-refractivity contribution in [2.75, 3.05) is 5.43 Å². The zero-order chi connectivity index (χ0) is 17.6. The molecule has 3 aromatic rings. The molecule has 0 aliphatic heterocycles. The first-order valence-electron chi connectivity index (χ1n) is 8.22. The number of hydrazone groups is 1. The number of H-pyrrole nitrogens is 1. The van der Waals surface area contributed by atoms with Crippen LogP contribution in [0.15, 0.2) is 70.6 Å². The normalized spacial score (nSPS) is 11.4. The monoisotopic (exact) mass is 332 g/mol. The number of aromatic nitrogens is 2. The van der Waals surface area contributed by atoms with Crippen molar-refractivity contribution in [2.24, 2.45) is 5.10 Å². The third-order valence-electron chi connectivity index (χ3n) is 3.92. The first kappa shape index (κ1) is 16.6. The van der Waals surface area contributed by atoms with Crippen molar-refractivity contribution in [2.45, 2.75) is 20.3 Å². The first-order chi connectivity index (χ1) is 12.2. The largest absolute Gasteiger partial charge is 0.291 e. The van der Waals surface area contributed by atoms with Crippen LogP contribution in [0, 0.1) is 0 Å². The Kier molecular flexibility index (Phi) is 5.04. The maximum atomic E-state index is 11.9. The molecule has 0 saturated heterocycles. The molecule has 0 amide bonds. The molecule has 5 heteroatoms. The van der Waals surface area contributed by atoms with Crippen LogP contribution in [0.2, 0.25) is 0 Å². The number of aryl methyl sites for hydroxylation is 1. The van der Waals surface area contributed by atoms with Gasteiger partial charge in [-0.3, -0.25) is 9.78 Å². The van der Waals surface area contributed by atoms with Gasteiger partial charge in [-0.2, -0.15) is 5.10 Å². The fraction of sp³-hybridized carbons (Fsp3) is 0.150. The summed E-state index contributed by atoms with van der Waals surface area (Å²) in [4.78, 5) is 19.0. The smallest absolute Gasteiger partial charge is 0.252 e. The van der Waals surface area contributed by atoms with Gasteiger partial charge in [0.1, 0.15) is 0 Å². The van der Waals surface area contributed by atoms with Crippen LogP contribution in [-0.2, 0) is 6.42 Å². The molecule has 0 radical (unpaired) electrons. The first-order valence-corrected chi connectivity index (χ1v) is 8.22. The summed E-state index contributed by atoms with van der Waals surface area (Å²) < 4.78 is 0. The molecule has 2 aromatic carbocycles. The van der Waals surface area contributed by atoms with Crippen molar-refractivity contribution < 1.29 is 0 Å². The number of nitrogens with one attached hydrogen (secondary N) is 2. The molecule has 0 unspecified atom stereocenters. The van der Waals surface area contributed by atoms with Gasteiger partial charge >= 0.3 is 0 Å². The molecule has 0 atom stereocenters. The van der Waals surface area contributed by atoms with E-state index < -0.39 is 0 Å². The lowest BCUT2D eigenvalue weighted by Gasteiger charge is -2.06. The van der Waals surface area contributed by atoms with Crippen molar-refractivity contribution in [1.82, 2.24) is 9.97 Å². The van der Waals surface area contributed by atoms with Gasteiger partial charge in [0.25, 0.3) is 5.56 Å². The highest BCUT2D eigenvalue weighted by molar-refractivity contribution is 5.99. The average Bonchev–Trinajstić information content (AvgIpc) is 2.66. The van der Waals surface area contributed by atoms with Crippen LogP contribution in [-0.4, -0.2) is 15.7 Å². The number of rotatable bonds is 5. The Balaban J connectivity index is 1.82. The topological polar surface area (TPSA) is 70.1 Å². The van der Waals surface area contributed by atoms with E-state index >= 15 is 0 Å². The number of nitrogens with zero attached hydrogens (tertiary/aromatic N) is 2. The molecule has 0 saturated carbocycles. The molecule has 0 aliphatic rings. The van der Waals surface area contributed by atoms with Gasteiger partial charge in [-0.15, -0.1) is 0 Å². The molecule has 1 heterocycles. The molecule has 2 N–H and O–H groups in total. The minimum atomic E-state index is -0.225. The van der Waals surface area contributed by atoms with Crippen LogP contribution in [0.25, 0.3) is 11.3 Å². The van der Waals surface area contributed by atoms with Gasteiger partial charge in [0.15, 0.2) is 0 Å². The minimum Gasteiger partial charge on any atom is -0.291 e. The van der Waals surface area contributed by atoms with Crippen LogP contribution in [0.1, 0.15) is 25.0 Å². The van der Waals surface area contributed by atoms with Gasteiger partial charge in [0, 0.05) is 11.6 Å². The summed E-state index contributed by atoms with van der Waals surface area (Å²) in [5.41, 5.74) is 7.22. The highest BCUT2D eigenvalue weighted by atomic mass is 16.1. The van der Waals surface area contributed by atoms with Crippen LogP contribution in [0.3, 0.4) is 0 Å². The molecule has 25 heavy (non-hydrogen) atoms. The minimum absolute atomic E-state index is 0.225. The molecule has 1 aromatic heterocycles. The fourth-order valence-corrected chi connectivity index (χ4v) is 2.45. The number of hydrogen-bond donors (Lipinski definition) is 2. The molecule has 0 bridgehead atoms. The summed E-state index contributed by atoms with van der Waals surface area (Å²) in [5, 5.41) is 4.33. The lowest BCUT2D eigenvalue weighted by Crippen LogP contribution is -2.11. The van der Waals surface area contributed by atoms with E-state index in [2.05, 4.69) is 39.6 Å². The Morgan fingerprint density at radius 2 is 1.84 bits per heavy atom. The zero-order valence-corrected chi connectivity index (χ0v) is 14.3. The maximum absolute atomic E-state index is 11.9. The number of anilines is 1. The maximum Gasteiger partial charge on any atom is 0.252 e. The Bertz CT molecular complexity index is 928. The van der Waals surface area contributed by atoms with E-state index in [0.29, 0.717) is 11.6 Å². The number of aromatic amines is 1. The van der Waals surface area contributed by atoms with Gasteiger partial charge in [-0.05, 0) is 24.5 Å². The van der Waals surface area contributed by atoms with E-state index in [1.165, 1.54) is 11.6 Å². The number of hydrogen-bond acceptors (Lipinski definition) is 4. The highest BCUT2D eigenvalue weighted by Crippen LogP contribution is 2.15. The molecule has 5 nitrogen and oxygen atoms in total. The van der Waals surface area contributed by atoms with Gasteiger partial charge in [-0.1, -0.05) is 61.5 Å². The lowest BCUT2D eigenvalue weighted by molar-refractivity contribution is 1.08. The molecule has 0 fully saturated rings. The van der Waals surface area contributed by atoms with Crippen LogP contribution < -0.4 is 11.0 Å². The molecular weight excluding hydrogens is 312 g/mol. The molecule has 3 rings (SSSR count). The standard InChI is InChI=1S/C20H20N4O/c1-3-15-9-11-16(12-10-15)14(2)23-24-20-21-18(13-19(25)22-20)17-7-5-4-6-8-17/h4-13H,3H2,1-2H3,(H2,21,22,24,25)/b23-14-. The Morgan fingerprint density at radius 3 is 2.52 bits per heavy atom. The second-order valence-corrected chi connectivity index (χ2v) is 5.70. The van der Waals surface area contributed by atoms with Crippen LogP contribution in [0.4, 0.5) is 5.95 Å². The number of benzene rings is 2. The van der Waals surface area contributed by atoms with E-state index in [1.807, 2.05) is 49.4 Å². The second-order valence-electron chi connectivity index (χ2n) is 5.70. The van der Waals surface area contributed by atoms with Gasteiger partial charge in [0.05, 0.1) is 11.4 Å². The molecule has 126 valence electrons. The summed E-state index contributed by atoms with van der Waals surface area (Å²) in [5.74, 6) is 0.316. The second kappa shape index (κ2) is 7.57. The molecule has 0 spiro atoms. The Labute approximate surface area is 146 Å². The van der Waals surface area contributed by atoms with Gasteiger partial charge in [-0.25, -0.2) is 10.4 Å². The summed E-state index contributed by atoms with van der Waals surface area (Å²) in [6.07, 6.45) is 1.01. The highest BCUT2D eigenvalue weighted by Gasteiger charge is 2.04. The van der Waals surface area contributed by atoms with Crippen LogP contribution >= 0.6 is 0 Å². The predicted molar refractivity (Wildman–Crippen MR) is 102 cm³/mol. The van der Waals surface area contributed by atoms with Crippen molar-refractivity contribution in [3.63, 3.8) is 0 Å². The lowest BCUT2D eigenvalue weighted by atomic mass is 10.1. The van der Waals surface area contributed by atoms with Crippen LogP contribution in [0.5, 0.6) is 0 Å². The summed E-state index contributed by atoms with van der Waals surface area (Å²) in [6.45, 7) is 4.03. The van der Waals surface area contributed by atoms with E-state index in [0.717, 1.165) is 23.3 Å². The molecular formula is C20H20N4O. The third-order valence-corrected chi connectivity index (χ3v) is 3.92. The predicted octanol–water partition coefficient (Wildman–Crippen LogP) is 3.84. The Hall–Kier alpha value is -3.21. The van der Waals surface area contributed by atoms with E-state index in [1.54, 1.807) is 0 Å². The summed E-state index contributed by atoms with van der Waals surface area (Å²) in [7, 11) is 0. The van der Waals surface area contributed by atoms with Crippen molar-refractivity contribution in [3.05, 3.63) is 82.1 Å². The van der Waals surface area contributed by atoms with Gasteiger partial charge < -0.3 is 0 Å². The quantitative estimate of drug-likeness (QED) is 0.551. The third kappa shape index (κ3) is 4.20. The summed E-state index contributed by atoms with van der Waals surface area (Å²) >= 11 is 0. The van der Waals surface area contributed by atoms with E-state index in [-0.39, 0.29) is 5.56 Å². The van der Waals surface area contributed by atoms with Crippen molar-refractivity contribution in [3.8, 4) is 11.3 Å². The average molecular weight is 332 g/mol. The zero-order valence-electron chi connectivity index (χ0n) is 14.3. The fourth-order valence-electron chi connectivity index (χ4n) is 2.45. The van der Waals surface area contributed by atoms with E-state index in [9.17, 15) is 4.79 Å². The molecule has 0 aliphatic carbocycles. The van der Waals surface area contributed by atoms with Crippen molar-refractivity contribution in [1.29, 1.82) is 0 Å². The Morgan fingerprint density at radius 1 is 1.12 bits per heavy atom.